The Morgan fingerprint density at radius 2 is 1.44 bits per heavy atom. The van der Waals surface area contributed by atoms with Gasteiger partial charge in [-0.05, 0) is 58.9 Å². The SMILES string of the molecule is CCC(C)CN(Cc1ncc(-c2ccc(-c3ccc(-c4cnc(C5CC(COC)CN5C(=O)C(NC(=O)OC)C(C)C)[nH]4)cc3)cc2)[nH]1)C(=O)C(NC(=O)OC1CC1)c1ccccc1. The predicted molar refractivity (Wildman–Crippen MR) is 242 cm³/mol. The van der Waals surface area contributed by atoms with Crippen LogP contribution in [-0.2, 0) is 30.3 Å². The molecule has 1 saturated carbocycles. The largest absolute Gasteiger partial charge is 0.453 e. The van der Waals surface area contributed by atoms with Gasteiger partial charge in [0.2, 0.25) is 11.8 Å². The molecular weight excluding hydrogens is 813 g/mol. The van der Waals surface area contributed by atoms with E-state index in [0.29, 0.717) is 43.3 Å². The summed E-state index contributed by atoms with van der Waals surface area (Å²) in [5.41, 5.74) is 6.31. The van der Waals surface area contributed by atoms with E-state index >= 15 is 0 Å². The normalized spacial score (nSPS) is 17.4. The quantitative estimate of drug-likeness (QED) is 0.0677. The molecule has 0 radical (unpaired) electrons. The summed E-state index contributed by atoms with van der Waals surface area (Å²) in [6.07, 6.45) is 5.49. The lowest BCUT2D eigenvalue weighted by Gasteiger charge is -2.30. The maximum Gasteiger partial charge on any atom is 0.408 e. The number of carbonyl (C=O) groups is 4. The summed E-state index contributed by atoms with van der Waals surface area (Å²) in [6, 6.07) is 23.7. The molecule has 4 amide bonds. The van der Waals surface area contributed by atoms with Gasteiger partial charge in [0.15, 0.2) is 0 Å². The zero-order chi connectivity index (χ0) is 45.3. The van der Waals surface area contributed by atoms with Crippen molar-refractivity contribution < 1.29 is 33.4 Å². The van der Waals surface area contributed by atoms with Crippen LogP contribution >= 0.6 is 0 Å². The second-order valence-electron chi connectivity index (χ2n) is 17.3. The molecule has 0 spiro atoms. The molecule has 64 heavy (non-hydrogen) atoms. The minimum absolute atomic E-state index is 0.0866. The molecule has 1 aliphatic heterocycles. The van der Waals surface area contributed by atoms with Crippen LogP contribution in [0.1, 0.15) is 82.7 Å². The molecule has 15 nitrogen and oxygen atoms in total. The number of rotatable bonds is 18. The molecule has 1 saturated heterocycles. The fourth-order valence-electron chi connectivity index (χ4n) is 8.11. The Morgan fingerprint density at radius 3 is 2.03 bits per heavy atom. The molecule has 1 aliphatic carbocycles. The fourth-order valence-corrected chi connectivity index (χ4v) is 8.11. The van der Waals surface area contributed by atoms with Crippen molar-refractivity contribution in [1.29, 1.82) is 0 Å². The highest BCUT2D eigenvalue weighted by atomic mass is 16.6. The van der Waals surface area contributed by atoms with Gasteiger partial charge in [-0.2, -0.15) is 0 Å². The lowest BCUT2D eigenvalue weighted by Crippen LogP contribution is -2.51. The third-order valence-electron chi connectivity index (χ3n) is 12.1. The second kappa shape index (κ2) is 20.8. The Labute approximate surface area is 374 Å². The highest BCUT2D eigenvalue weighted by Crippen LogP contribution is 2.37. The zero-order valence-corrected chi connectivity index (χ0v) is 37.5. The van der Waals surface area contributed by atoms with Gasteiger partial charge < -0.3 is 44.6 Å². The zero-order valence-electron chi connectivity index (χ0n) is 37.5. The molecular formula is C49H60N8O7. The average molecular weight is 873 g/mol. The predicted octanol–water partition coefficient (Wildman–Crippen LogP) is 8.06. The van der Waals surface area contributed by atoms with Crippen LogP contribution in [-0.4, -0.2) is 99.8 Å². The molecule has 5 atom stereocenters. The van der Waals surface area contributed by atoms with Crippen LogP contribution in [0.5, 0.6) is 0 Å². The number of aromatic nitrogens is 4. The summed E-state index contributed by atoms with van der Waals surface area (Å²) < 4.78 is 15.7. The van der Waals surface area contributed by atoms with Crippen molar-refractivity contribution in [3.05, 3.63) is 108 Å². The number of imidazole rings is 2. The number of hydrogen-bond acceptors (Lipinski definition) is 9. The monoisotopic (exact) mass is 872 g/mol. The summed E-state index contributed by atoms with van der Waals surface area (Å²) in [7, 11) is 2.94. The van der Waals surface area contributed by atoms with Crippen molar-refractivity contribution in [3.8, 4) is 33.6 Å². The van der Waals surface area contributed by atoms with Gasteiger partial charge in [-0.25, -0.2) is 19.6 Å². The van der Waals surface area contributed by atoms with E-state index in [1.54, 1.807) is 29.3 Å². The van der Waals surface area contributed by atoms with Gasteiger partial charge in [0.05, 0.1) is 50.1 Å². The lowest BCUT2D eigenvalue weighted by molar-refractivity contribution is -0.136. The van der Waals surface area contributed by atoms with E-state index in [2.05, 4.69) is 63.7 Å². The van der Waals surface area contributed by atoms with Crippen molar-refractivity contribution in [2.24, 2.45) is 17.8 Å². The molecule has 3 aromatic carbocycles. The van der Waals surface area contributed by atoms with Crippen molar-refractivity contribution in [1.82, 2.24) is 40.4 Å². The van der Waals surface area contributed by atoms with Crippen molar-refractivity contribution >= 4 is 24.0 Å². The van der Waals surface area contributed by atoms with Gasteiger partial charge in [-0.15, -0.1) is 0 Å². The molecule has 5 unspecified atom stereocenters. The first-order valence-corrected chi connectivity index (χ1v) is 22.2. The molecule has 2 fully saturated rings. The lowest BCUT2D eigenvalue weighted by atomic mass is 10.0. The molecule has 3 heterocycles. The van der Waals surface area contributed by atoms with E-state index in [4.69, 9.17) is 19.2 Å². The Kier molecular flexibility index (Phi) is 14.8. The summed E-state index contributed by atoms with van der Waals surface area (Å²) >= 11 is 0. The number of alkyl carbamates (subject to hydrolysis) is 2. The van der Waals surface area contributed by atoms with Gasteiger partial charge in [-0.3, -0.25) is 9.59 Å². The minimum Gasteiger partial charge on any atom is -0.453 e. The Hall–Kier alpha value is -6.48. The van der Waals surface area contributed by atoms with Crippen molar-refractivity contribution in [2.75, 3.05) is 33.9 Å². The topological polar surface area (TPSA) is 184 Å². The Bertz CT molecular complexity index is 2340. The summed E-state index contributed by atoms with van der Waals surface area (Å²) in [5, 5.41) is 5.55. The number of benzene rings is 3. The summed E-state index contributed by atoms with van der Waals surface area (Å²) in [5.74, 6) is 1.10. The van der Waals surface area contributed by atoms with Gasteiger partial charge >= 0.3 is 12.2 Å². The number of hydrogen-bond donors (Lipinski definition) is 4. The fraction of sp³-hybridized carbons (Fsp3) is 0.429. The van der Waals surface area contributed by atoms with Crippen LogP contribution in [0.3, 0.4) is 0 Å². The molecule has 7 rings (SSSR count). The number of likely N-dealkylation sites (tertiary alicyclic amines) is 1. The first kappa shape index (κ1) is 45.5. The van der Waals surface area contributed by atoms with E-state index in [-0.39, 0.29) is 48.3 Å². The summed E-state index contributed by atoms with van der Waals surface area (Å²) in [6.45, 7) is 9.72. The Balaban J connectivity index is 1.02. The number of methoxy groups -OCH3 is 2. The average Bonchev–Trinajstić information content (AvgIpc) is 3.62. The second-order valence-corrected chi connectivity index (χ2v) is 17.3. The van der Waals surface area contributed by atoms with Gasteiger partial charge in [0.1, 0.15) is 29.8 Å². The highest BCUT2D eigenvalue weighted by molar-refractivity contribution is 5.87. The number of H-pyrrole nitrogens is 2. The molecule has 0 bridgehead atoms. The van der Waals surface area contributed by atoms with E-state index in [9.17, 15) is 19.2 Å². The van der Waals surface area contributed by atoms with Crippen LogP contribution in [0.2, 0.25) is 0 Å². The van der Waals surface area contributed by atoms with Crippen LogP contribution in [0, 0.1) is 17.8 Å². The van der Waals surface area contributed by atoms with Gasteiger partial charge in [-0.1, -0.05) is 113 Å². The number of amides is 4. The van der Waals surface area contributed by atoms with Crippen molar-refractivity contribution in [2.45, 2.75) is 84.2 Å². The molecule has 2 aromatic heterocycles. The number of nitrogens with one attached hydrogen (secondary N) is 4. The number of carbonyl (C=O) groups excluding carboxylic acids is 4. The number of nitrogens with zero attached hydrogens (tertiary/aromatic N) is 4. The van der Waals surface area contributed by atoms with Crippen LogP contribution < -0.4 is 10.6 Å². The number of ether oxygens (including phenoxy) is 3. The molecule has 15 heteroatoms. The number of aromatic amines is 2. The standard InChI is InChI=1S/C49H60N8O7/c1-7-31(4)26-56(46(58)44(37-11-9-8-10-12-37)55-49(61)64-38-21-22-38)28-42-50-24-39(52-42)35-17-13-33(14-18-35)34-15-19-36(20-16-34)40-25-51-45(53-40)41-23-32(29-62-5)27-57(41)47(59)43(30(2)3)54-48(60)63-6/h8-20,24-25,30-32,38,41,43-44H,7,21-23,26-29H2,1-6H3,(H,50,52)(H,51,53)(H,54,60)(H,55,61). The third-order valence-corrected chi connectivity index (χ3v) is 12.1. The van der Waals surface area contributed by atoms with E-state index in [0.717, 1.165) is 52.9 Å². The maximum absolute atomic E-state index is 14.3. The summed E-state index contributed by atoms with van der Waals surface area (Å²) in [4.78, 5) is 72.9. The molecule has 2 aliphatic rings. The minimum atomic E-state index is -0.902. The van der Waals surface area contributed by atoms with Crippen molar-refractivity contribution in [3.63, 3.8) is 0 Å². The molecule has 338 valence electrons. The highest BCUT2D eigenvalue weighted by Gasteiger charge is 2.41. The van der Waals surface area contributed by atoms with Crippen LogP contribution in [0.25, 0.3) is 33.6 Å². The molecule has 4 N–H and O–H groups in total. The van der Waals surface area contributed by atoms with Gasteiger partial charge in [0.25, 0.3) is 0 Å². The maximum atomic E-state index is 14.3. The van der Waals surface area contributed by atoms with Crippen LogP contribution in [0.15, 0.2) is 91.3 Å². The smallest absolute Gasteiger partial charge is 0.408 e. The molecule has 5 aromatic rings. The van der Waals surface area contributed by atoms with E-state index < -0.39 is 24.3 Å². The van der Waals surface area contributed by atoms with E-state index in [1.165, 1.54) is 7.11 Å². The third kappa shape index (κ3) is 11.2. The first-order chi connectivity index (χ1) is 30.9. The Morgan fingerprint density at radius 1 is 0.812 bits per heavy atom. The van der Waals surface area contributed by atoms with Crippen LogP contribution in [0.4, 0.5) is 9.59 Å². The van der Waals surface area contributed by atoms with E-state index in [1.807, 2.05) is 68.4 Å². The van der Waals surface area contributed by atoms with Gasteiger partial charge in [0, 0.05) is 26.1 Å². The first-order valence-electron chi connectivity index (χ1n) is 22.2.